The van der Waals surface area contributed by atoms with Crippen LogP contribution in [0.15, 0.2) is 24.3 Å². The zero-order chi connectivity index (χ0) is 17.4. The van der Waals surface area contributed by atoms with Gasteiger partial charge in [-0.05, 0) is 12.1 Å². The lowest BCUT2D eigenvalue weighted by Crippen LogP contribution is -2.49. The number of ether oxygens (including phenoxy) is 3. The number of hydrogen-bond donors (Lipinski definition) is 0. The van der Waals surface area contributed by atoms with E-state index < -0.39 is 10.0 Å². The van der Waals surface area contributed by atoms with Crippen molar-refractivity contribution in [3.63, 3.8) is 0 Å². The smallest absolute Gasteiger partial charge is 0.216 e. The first kappa shape index (κ1) is 19.0. The van der Waals surface area contributed by atoms with E-state index in [9.17, 15) is 8.42 Å². The van der Waals surface area contributed by atoms with Crippen molar-refractivity contribution >= 4 is 15.7 Å². The Balaban J connectivity index is 1.85. The number of methoxy groups -OCH3 is 2. The van der Waals surface area contributed by atoms with Gasteiger partial charge in [-0.2, -0.15) is 4.31 Å². The van der Waals surface area contributed by atoms with Crippen molar-refractivity contribution in [1.29, 1.82) is 0 Å². The molecule has 1 aliphatic heterocycles. The van der Waals surface area contributed by atoms with Gasteiger partial charge in [0.25, 0.3) is 0 Å². The Morgan fingerprint density at radius 1 is 1.00 bits per heavy atom. The van der Waals surface area contributed by atoms with Gasteiger partial charge in [-0.3, -0.25) is 0 Å². The van der Waals surface area contributed by atoms with E-state index >= 15 is 0 Å². The number of nitrogens with zero attached hydrogens (tertiary/aromatic N) is 2. The molecular formula is C16H26N2O5S. The second kappa shape index (κ2) is 9.22. The maximum absolute atomic E-state index is 12.4. The maximum Gasteiger partial charge on any atom is 0.216 e. The minimum Gasteiger partial charge on any atom is -0.495 e. The van der Waals surface area contributed by atoms with Crippen molar-refractivity contribution in [2.75, 3.05) is 70.9 Å². The lowest BCUT2D eigenvalue weighted by molar-refractivity contribution is 0.0781. The van der Waals surface area contributed by atoms with E-state index in [1.54, 1.807) is 18.5 Å². The highest BCUT2D eigenvalue weighted by atomic mass is 32.2. The van der Waals surface area contributed by atoms with Crippen LogP contribution in [0.25, 0.3) is 0 Å². The first-order chi connectivity index (χ1) is 11.6. The van der Waals surface area contributed by atoms with Gasteiger partial charge < -0.3 is 19.1 Å². The third-order valence-corrected chi connectivity index (χ3v) is 5.81. The quantitative estimate of drug-likeness (QED) is 0.609. The average Bonchev–Trinajstić information content (AvgIpc) is 2.61. The monoisotopic (exact) mass is 358 g/mol. The van der Waals surface area contributed by atoms with Crippen molar-refractivity contribution in [2.45, 2.75) is 0 Å². The van der Waals surface area contributed by atoms with Gasteiger partial charge in [0.05, 0.1) is 38.4 Å². The van der Waals surface area contributed by atoms with Crippen LogP contribution in [-0.2, 0) is 19.5 Å². The van der Waals surface area contributed by atoms with Crippen LogP contribution >= 0.6 is 0 Å². The van der Waals surface area contributed by atoms with Gasteiger partial charge in [-0.15, -0.1) is 0 Å². The first-order valence-corrected chi connectivity index (χ1v) is 9.62. The van der Waals surface area contributed by atoms with Crippen LogP contribution in [0.3, 0.4) is 0 Å². The highest BCUT2D eigenvalue weighted by molar-refractivity contribution is 7.89. The number of benzene rings is 1. The minimum atomic E-state index is -3.28. The molecule has 24 heavy (non-hydrogen) atoms. The summed E-state index contributed by atoms with van der Waals surface area (Å²) < 4.78 is 41.8. The van der Waals surface area contributed by atoms with Crippen LogP contribution < -0.4 is 9.64 Å². The van der Waals surface area contributed by atoms with Crippen molar-refractivity contribution in [2.24, 2.45) is 0 Å². The Kier molecular flexibility index (Phi) is 7.29. The number of rotatable bonds is 9. The standard InChI is InChI=1S/C16H26N2O5S/c1-21-11-12-23-13-14-24(19,20)18-9-7-17(8-10-18)15-5-3-4-6-16(15)22-2/h3-6H,7-14H2,1-2H3. The second-order valence-electron chi connectivity index (χ2n) is 5.48. The Bertz CT molecular complexity index is 600. The normalized spacial score (nSPS) is 16.3. The van der Waals surface area contributed by atoms with Crippen LogP contribution in [0.1, 0.15) is 0 Å². The van der Waals surface area contributed by atoms with E-state index in [2.05, 4.69) is 4.90 Å². The molecule has 0 N–H and O–H groups in total. The molecule has 1 saturated heterocycles. The molecule has 136 valence electrons. The average molecular weight is 358 g/mol. The van der Waals surface area contributed by atoms with Crippen molar-refractivity contribution < 1.29 is 22.6 Å². The maximum atomic E-state index is 12.4. The largest absolute Gasteiger partial charge is 0.495 e. The minimum absolute atomic E-state index is 0.00533. The predicted molar refractivity (Wildman–Crippen MR) is 93.3 cm³/mol. The van der Waals surface area contributed by atoms with E-state index in [0.29, 0.717) is 39.4 Å². The third-order valence-electron chi connectivity index (χ3n) is 3.98. The molecule has 1 heterocycles. The number of hydrogen-bond acceptors (Lipinski definition) is 6. The summed E-state index contributed by atoms with van der Waals surface area (Å²) in [5.41, 5.74) is 1.000. The molecule has 0 radical (unpaired) electrons. The number of sulfonamides is 1. The molecule has 1 aliphatic rings. The second-order valence-corrected chi connectivity index (χ2v) is 7.57. The fourth-order valence-electron chi connectivity index (χ4n) is 2.64. The molecule has 0 unspecified atom stereocenters. The fourth-order valence-corrected chi connectivity index (χ4v) is 3.94. The molecule has 8 heteroatoms. The van der Waals surface area contributed by atoms with Crippen molar-refractivity contribution in [1.82, 2.24) is 4.31 Å². The zero-order valence-corrected chi connectivity index (χ0v) is 15.1. The Morgan fingerprint density at radius 2 is 1.71 bits per heavy atom. The van der Waals surface area contributed by atoms with Crippen LogP contribution in [0.5, 0.6) is 5.75 Å². The van der Waals surface area contributed by atoms with Gasteiger partial charge in [0.1, 0.15) is 5.75 Å². The molecule has 1 aromatic carbocycles. The zero-order valence-electron chi connectivity index (χ0n) is 14.3. The molecule has 0 amide bonds. The summed E-state index contributed by atoms with van der Waals surface area (Å²) in [5, 5.41) is 0. The van der Waals surface area contributed by atoms with Gasteiger partial charge in [-0.1, -0.05) is 12.1 Å². The Hall–Kier alpha value is -1.35. The van der Waals surface area contributed by atoms with Gasteiger partial charge in [-0.25, -0.2) is 8.42 Å². The SMILES string of the molecule is COCCOCCS(=O)(=O)N1CCN(c2ccccc2OC)CC1. The number of anilines is 1. The molecule has 1 fully saturated rings. The molecular weight excluding hydrogens is 332 g/mol. The van der Waals surface area contributed by atoms with Crippen molar-refractivity contribution in [3.8, 4) is 5.75 Å². The molecule has 0 atom stereocenters. The van der Waals surface area contributed by atoms with Crippen molar-refractivity contribution in [3.05, 3.63) is 24.3 Å². The van der Waals surface area contributed by atoms with E-state index in [0.717, 1.165) is 11.4 Å². The van der Waals surface area contributed by atoms with Gasteiger partial charge >= 0.3 is 0 Å². The summed E-state index contributed by atoms with van der Waals surface area (Å²) in [5.74, 6) is 0.811. The number of para-hydroxylation sites is 2. The lowest BCUT2D eigenvalue weighted by atomic mass is 10.2. The summed E-state index contributed by atoms with van der Waals surface area (Å²) in [6, 6.07) is 7.79. The third kappa shape index (κ3) is 5.07. The Morgan fingerprint density at radius 3 is 2.38 bits per heavy atom. The molecule has 0 saturated carbocycles. The summed E-state index contributed by atoms with van der Waals surface area (Å²) in [4.78, 5) is 2.15. The van der Waals surface area contributed by atoms with Crippen LogP contribution in [0.2, 0.25) is 0 Å². The van der Waals surface area contributed by atoms with Crippen LogP contribution in [0.4, 0.5) is 5.69 Å². The molecule has 2 rings (SSSR count). The number of piperazine rings is 1. The van der Waals surface area contributed by atoms with Gasteiger partial charge in [0.15, 0.2) is 0 Å². The van der Waals surface area contributed by atoms with E-state index in [4.69, 9.17) is 14.2 Å². The van der Waals surface area contributed by atoms with E-state index in [-0.39, 0.29) is 12.4 Å². The van der Waals surface area contributed by atoms with E-state index in [1.165, 1.54) is 0 Å². The highest BCUT2D eigenvalue weighted by Gasteiger charge is 2.27. The van der Waals surface area contributed by atoms with Crippen LogP contribution in [0, 0.1) is 0 Å². The fraction of sp³-hybridized carbons (Fsp3) is 0.625. The topological polar surface area (TPSA) is 68.3 Å². The van der Waals surface area contributed by atoms with Gasteiger partial charge in [0.2, 0.25) is 10.0 Å². The summed E-state index contributed by atoms with van der Waals surface area (Å²) in [7, 11) is -0.0556. The van der Waals surface area contributed by atoms with Gasteiger partial charge in [0, 0.05) is 33.3 Å². The molecule has 0 aliphatic carbocycles. The highest BCUT2D eigenvalue weighted by Crippen LogP contribution is 2.28. The Labute approximate surface area is 144 Å². The summed E-state index contributed by atoms with van der Waals surface area (Å²) in [6.07, 6.45) is 0. The molecule has 0 spiro atoms. The first-order valence-electron chi connectivity index (χ1n) is 8.01. The lowest BCUT2D eigenvalue weighted by Gasteiger charge is -2.35. The van der Waals surface area contributed by atoms with Crippen LogP contribution in [-0.4, -0.2) is 78.7 Å². The molecule has 0 aromatic heterocycles. The molecule has 1 aromatic rings. The summed E-state index contributed by atoms with van der Waals surface area (Å²) in [6.45, 7) is 3.30. The predicted octanol–water partition coefficient (Wildman–Crippen LogP) is 0.810. The molecule has 7 nitrogen and oxygen atoms in total. The van der Waals surface area contributed by atoms with E-state index in [1.807, 2.05) is 24.3 Å². The molecule has 0 bridgehead atoms. The summed E-state index contributed by atoms with van der Waals surface area (Å²) >= 11 is 0.